The maximum Gasteiger partial charge on any atom is 0.407 e. The summed E-state index contributed by atoms with van der Waals surface area (Å²) in [6, 6.07) is 10.7. The number of likely N-dealkylation sites (tertiary alicyclic amines) is 1. The van der Waals surface area contributed by atoms with Crippen molar-refractivity contribution in [3.8, 4) is 11.3 Å². The minimum atomic E-state index is -1.30. The Bertz CT molecular complexity index is 2060. The number of amides is 4. The second kappa shape index (κ2) is 22.6. The van der Waals surface area contributed by atoms with E-state index in [2.05, 4.69) is 10.6 Å². The topological polar surface area (TPSA) is 198 Å². The molecular weight excluding hydrogens is 844 g/mol. The molecule has 5 N–H and O–H groups in total. The Hall–Kier alpha value is -4.98. The highest BCUT2D eigenvalue weighted by molar-refractivity contribution is 8.00. The second-order valence-electron chi connectivity index (χ2n) is 16.3. The summed E-state index contributed by atoms with van der Waals surface area (Å²) in [4.78, 5) is 71.7. The lowest BCUT2D eigenvalue weighted by Crippen LogP contribution is -2.49. The van der Waals surface area contributed by atoms with Crippen LogP contribution in [0.5, 0.6) is 0 Å². The van der Waals surface area contributed by atoms with Gasteiger partial charge < -0.3 is 40.4 Å². The second-order valence-corrected chi connectivity index (χ2v) is 17.5. The molecule has 0 aliphatic carbocycles. The number of aromatic nitrogens is 2. The molecule has 2 aromatic carbocycles. The highest BCUT2D eigenvalue weighted by Crippen LogP contribution is 2.38. The first-order valence-corrected chi connectivity index (χ1v) is 22.5. The Kier molecular flexibility index (Phi) is 17.0. The van der Waals surface area contributed by atoms with Crippen molar-refractivity contribution in [2.45, 2.75) is 88.0 Å². The average Bonchev–Trinajstić information content (AvgIpc) is 3.95. The Morgan fingerprint density at radius 3 is 2.54 bits per heavy atom. The normalized spacial score (nSPS) is 20.7. The Balaban J connectivity index is 1.12. The number of thioether (sulfide) groups is 1. The van der Waals surface area contributed by atoms with Gasteiger partial charge in [0.15, 0.2) is 6.10 Å². The number of carbonyl (C=O) groups excluding carboxylic acids is 4. The lowest BCUT2D eigenvalue weighted by molar-refractivity contribution is -0.146. The minimum Gasteiger partial charge on any atom is -0.480 e. The average molecular weight is 900 g/mol. The molecule has 4 amide bonds. The summed E-state index contributed by atoms with van der Waals surface area (Å²) in [5.41, 5.74) is 6.54. The number of nitrogens with one attached hydrogen (secondary N) is 2. The molecule has 0 saturated carbocycles. The van der Waals surface area contributed by atoms with Crippen molar-refractivity contribution in [1.29, 1.82) is 0 Å². The number of carbonyl (C=O) groups is 5. The van der Waals surface area contributed by atoms with E-state index in [0.717, 1.165) is 35.5 Å². The van der Waals surface area contributed by atoms with Gasteiger partial charge in [0.05, 0.1) is 17.0 Å². The van der Waals surface area contributed by atoms with Gasteiger partial charge in [-0.1, -0.05) is 43.2 Å². The van der Waals surface area contributed by atoms with Crippen molar-refractivity contribution in [3.05, 3.63) is 77.8 Å². The smallest absolute Gasteiger partial charge is 0.407 e. The molecule has 0 spiro atoms. The number of alkyl carbamates (subject to hydrolysis) is 1. The van der Waals surface area contributed by atoms with Crippen LogP contribution in [0.15, 0.2) is 54.7 Å². The number of nitrogens with two attached hydrogens (primary N) is 1. The SMILES string of the molecule is C[C@H](OC(=O)NCCCCCCN1C(=O)CC(SC[C@H](N)C(=O)O)C1=O)C(=O)N(C[C@@H]1CNC[C@@H]1F)[C@@H](c1nc(-c2cc(F)ccc2F)cn1Cc1ccccc1)C1CCOCC1. The number of aliphatic carboxylic acids is 1. The predicted molar refractivity (Wildman–Crippen MR) is 228 cm³/mol. The van der Waals surface area contributed by atoms with Crippen LogP contribution in [0.25, 0.3) is 11.3 Å². The summed E-state index contributed by atoms with van der Waals surface area (Å²) in [6.07, 6.45) is 1.75. The molecule has 6 atom stereocenters. The van der Waals surface area contributed by atoms with Crippen LogP contribution < -0.4 is 16.4 Å². The summed E-state index contributed by atoms with van der Waals surface area (Å²) < 4.78 is 58.4. The largest absolute Gasteiger partial charge is 0.480 e. The predicted octanol–water partition coefficient (Wildman–Crippen LogP) is 4.68. The zero-order valence-electron chi connectivity index (χ0n) is 35.3. The Labute approximate surface area is 368 Å². The van der Waals surface area contributed by atoms with Gasteiger partial charge in [0.2, 0.25) is 11.8 Å². The molecular formula is C44H56F3N7O8S. The molecule has 19 heteroatoms. The summed E-state index contributed by atoms with van der Waals surface area (Å²) in [5, 5.41) is 14.1. The van der Waals surface area contributed by atoms with Gasteiger partial charge in [0.25, 0.3) is 5.91 Å². The zero-order chi connectivity index (χ0) is 45.0. The molecule has 3 fully saturated rings. The quantitative estimate of drug-likeness (QED) is 0.0853. The lowest BCUT2D eigenvalue weighted by atomic mass is 9.88. The maximum atomic E-state index is 15.4. The molecule has 0 bridgehead atoms. The van der Waals surface area contributed by atoms with Crippen LogP contribution in [0, 0.1) is 23.5 Å². The molecule has 3 aliphatic rings. The van der Waals surface area contributed by atoms with Crippen molar-refractivity contribution >= 4 is 41.5 Å². The molecule has 63 heavy (non-hydrogen) atoms. The zero-order valence-corrected chi connectivity index (χ0v) is 36.1. The van der Waals surface area contributed by atoms with Crippen LogP contribution >= 0.6 is 11.8 Å². The maximum absolute atomic E-state index is 15.4. The van der Waals surface area contributed by atoms with Crippen molar-refractivity contribution in [3.63, 3.8) is 0 Å². The van der Waals surface area contributed by atoms with E-state index in [1.54, 1.807) is 11.1 Å². The number of benzene rings is 2. The molecule has 3 saturated heterocycles. The van der Waals surface area contributed by atoms with Gasteiger partial charge in [0.1, 0.15) is 29.7 Å². The number of carboxylic acid groups (broad SMARTS) is 1. The van der Waals surface area contributed by atoms with E-state index >= 15 is 8.78 Å². The number of unbranched alkanes of at least 4 members (excludes halogenated alkanes) is 3. The Morgan fingerprint density at radius 1 is 1.08 bits per heavy atom. The fourth-order valence-electron chi connectivity index (χ4n) is 8.24. The fourth-order valence-corrected chi connectivity index (χ4v) is 9.35. The van der Waals surface area contributed by atoms with E-state index < -0.39 is 65.1 Å². The van der Waals surface area contributed by atoms with E-state index in [4.69, 9.17) is 25.3 Å². The third-order valence-electron chi connectivity index (χ3n) is 11.7. The first-order chi connectivity index (χ1) is 30.3. The van der Waals surface area contributed by atoms with E-state index in [0.29, 0.717) is 64.1 Å². The number of hydrogen-bond acceptors (Lipinski definition) is 11. The summed E-state index contributed by atoms with van der Waals surface area (Å²) >= 11 is 1.07. The third-order valence-corrected chi connectivity index (χ3v) is 13.0. The number of halogens is 3. The van der Waals surface area contributed by atoms with Crippen molar-refractivity contribution in [1.82, 2.24) is 30.0 Å². The monoisotopic (exact) mass is 899 g/mol. The van der Waals surface area contributed by atoms with Crippen molar-refractivity contribution < 1.29 is 51.7 Å². The van der Waals surface area contributed by atoms with Gasteiger partial charge in [-0.3, -0.25) is 24.1 Å². The van der Waals surface area contributed by atoms with Crippen LogP contribution in [0.3, 0.4) is 0 Å². The molecule has 6 rings (SSSR count). The molecule has 1 unspecified atom stereocenters. The molecule has 3 aromatic rings. The number of imide groups is 1. The summed E-state index contributed by atoms with van der Waals surface area (Å²) in [5.74, 6) is -4.11. The van der Waals surface area contributed by atoms with Gasteiger partial charge in [-0.05, 0) is 62.3 Å². The van der Waals surface area contributed by atoms with E-state index in [-0.39, 0.29) is 73.9 Å². The first kappa shape index (κ1) is 47.5. The van der Waals surface area contributed by atoms with Crippen molar-refractivity contribution in [2.24, 2.45) is 17.6 Å². The van der Waals surface area contributed by atoms with Gasteiger partial charge in [-0.15, -0.1) is 11.8 Å². The first-order valence-electron chi connectivity index (χ1n) is 21.5. The number of hydrogen-bond donors (Lipinski definition) is 4. The third kappa shape index (κ3) is 12.6. The highest BCUT2D eigenvalue weighted by atomic mass is 32.2. The van der Waals surface area contributed by atoms with Crippen LogP contribution in [0.1, 0.15) is 69.3 Å². The van der Waals surface area contributed by atoms with Gasteiger partial charge >= 0.3 is 12.1 Å². The molecule has 3 aliphatic heterocycles. The van der Waals surface area contributed by atoms with E-state index in [1.165, 1.54) is 11.8 Å². The molecule has 1 aromatic heterocycles. The number of nitrogens with zero attached hydrogens (tertiary/aromatic N) is 4. The summed E-state index contributed by atoms with van der Waals surface area (Å²) in [6.45, 7) is 3.41. The fraction of sp³-hybridized carbons (Fsp3) is 0.545. The van der Waals surface area contributed by atoms with Crippen LogP contribution in [0.2, 0.25) is 0 Å². The van der Waals surface area contributed by atoms with Gasteiger partial charge in [-0.25, -0.2) is 22.9 Å². The van der Waals surface area contributed by atoms with Gasteiger partial charge in [0, 0.05) is 82.3 Å². The van der Waals surface area contributed by atoms with Gasteiger partial charge in [-0.2, -0.15) is 0 Å². The number of ether oxygens (including phenoxy) is 2. The van der Waals surface area contributed by atoms with Crippen molar-refractivity contribution in [2.75, 3.05) is 51.7 Å². The minimum absolute atomic E-state index is 0.00228. The van der Waals surface area contributed by atoms with Crippen LogP contribution in [-0.2, 0) is 35.2 Å². The number of carboxylic acids is 1. The van der Waals surface area contributed by atoms with Crippen LogP contribution in [0.4, 0.5) is 18.0 Å². The van der Waals surface area contributed by atoms with Crippen LogP contribution in [-0.4, -0.2) is 129 Å². The summed E-state index contributed by atoms with van der Waals surface area (Å²) in [7, 11) is 0. The Morgan fingerprint density at radius 2 is 1.83 bits per heavy atom. The van der Waals surface area contributed by atoms with E-state index in [1.807, 2.05) is 34.9 Å². The number of alkyl halides is 1. The number of imidazole rings is 1. The standard InChI is InChI=1S/C44H56F3N7O8S/c1-27(62-44(60)50-15-7-2-3-8-16-53-38(55)20-37(42(53)57)63-26-35(48)43(58)59)41(56)54(24-30-21-49-22-34(30)47)39(29-13-17-61-18-14-29)40-51-36(32-19-31(45)11-12-33(32)46)25-52(40)23-28-9-5-4-6-10-28/h4-6,9-12,19,25,27,29-30,34-35,37,39,49H,2-3,7-8,13-18,20-24,26,48H2,1H3,(H,50,60)(H,58,59)/t27-,30-,34-,35-,37?,39+/m0/s1. The van der Waals surface area contributed by atoms with E-state index in [9.17, 15) is 28.4 Å². The lowest BCUT2D eigenvalue weighted by Gasteiger charge is -2.40. The molecule has 4 heterocycles. The molecule has 342 valence electrons. The molecule has 0 radical (unpaired) electrons. The molecule has 15 nitrogen and oxygen atoms in total. The highest BCUT2D eigenvalue weighted by Gasteiger charge is 2.42. The number of rotatable bonds is 21.